The summed E-state index contributed by atoms with van der Waals surface area (Å²) in [5.74, 6) is -0.248. The fourth-order valence-electron chi connectivity index (χ4n) is 4.42. The molecule has 5 heterocycles. The van der Waals surface area contributed by atoms with Gasteiger partial charge in [0.15, 0.2) is 5.79 Å². The van der Waals surface area contributed by atoms with Crippen molar-refractivity contribution in [1.82, 2.24) is 19.5 Å². The van der Waals surface area contributed by atoms with E-state index in [2.05, 4.69) is 21.9 Å². The molecule has 1 spiro atoms. The van der Waals surface area contributed by atoms with Crippen molar-refractivity contribution in [3.05, 3.63) is 22.1 Å². The molecular weight excluding hydrogens is 394 g/mol. The smallest absolute Gasteiger partial charge is 0.288 e. The van der Waals surface area contributed by atoms with Gasteiger partial charge in [-0.3, -0.25) is 9.59 Å². The van der Waals surface area contributed by atoms with Crippen LogP contribution < -0.4 is 10.5 Å². The second-order valence-electron chi connectivity index (χ2n) is 8.15. The zero-order chi connectivity index (χ0) is 20.0. The van der Waals surface area contributed by atoms with E-state index in [1.807, 2.05) is 0 Å². The molecule has 2 aromatic heterocycles. The van der Waals surface area contributed by atoms with Gasteiger partial charge in [0, 0.05) is 45.2 Å². The number of likely N-dealkylation sites (tertiary alicyclic amines) is 1. The Hall–Kier alpha value is -2.04. The quantitative estimate of drug-likeness (QED) is 0.726. The van der Waals surface area contributed by atoms with Gasteiger partial charge >= 0.3 is 0 Å². The molecule has 29 heavy (non-hydrogen) atoms. The van der Waals surface area contributed by atoms with Crippen LogP contribution in [0.2, 0.25) is 0 Å². The Morgan fingerprint density at radius 1 is 1.24 bits per heavy atom. The largest absolute Gasteiger partial charge is 0.347 e. The molecule has 0 aromatic carbocycles. The lowest BCUT2D eigenvalue weighted by Crippen LogP contribution is -2.48. The van der Waals surface area contributed by atoms with Gasteiger partial charge in [0.2, 0.25) is 10.1 Å². The van der Waals surface area contributed by atoms with E-state index >= 15 is 0 Å². The SMILES string of the molecule is C[C@H]1CCCN(c2nn3c(=O)c(C(=O)N4CCC5(CC4)OCCO5)cnc3s2)C1. The van der Waals surface area contributed by atoms with Gasteiger partial charge < -0.3 is 19.3 Å². The Morgan fingerprint density at radius 3 is 2.72 bits per heavy atom. The highest BCUT2D eigenvalue weighted by Gasteiger charge is 2.41. The molecule has 1 atom stereocenters. The van der Waals surface area contributed by atoms with Gasteiger partial charge in [0.1, 0.15) is 5.56 Å². The van der Waals surface area contributed by atoms with Crippen molar-refractivity contribution in [2.45, 2.75) is 38.4 Å². The summed E-state index contributed by atoms with van der Waals surface area (Å²) in [7, 11) is 0. The normalized spacial score (nSPS) is 24.5. The highest BCUT2D eigenvalue weighted by Crippen LogP contribution is 2.31. The number of anilines is 1. The summed E-state index contributed by atoms with van der Waals surface area (Å²) >= 11 is 1.40. The summed E-state index contributed by atoms with van der Waals surface area (Å²) in [6.45, 7) is 6.27. The zero-order valence-electron chi connectivity index (χ0n) is 16.5. The molecule has 3 aliphatic rings. The number of hydrogen-bond donors (Lipinski definition) is 0. The van der Waals surface area contributed by atoms with Gasteiger partial charge in [-0.15, -0.1) is 5.10 Å². The fourth-order valence-corrected chi connectivity index (χ4v) is 5.32. The molecule has 0 aliphatic carbocycles. The molecule has 3 fully saturated rings. The van der Waals surface area contributed by atoms with E-state index in [1.54, 1.807) is 4.90 Å². The highest BCUT2D eigenvalue weighted by molar-refractivity contribution is 7.20. The lowest BCUT2D eigenvalue weighted by atomic mass is 10.0. The summed E-state index contributed by atoms with van der Waals surface area (Å²) in [5.41, 5.74) is -0.336. The molecule has 3 saturated heterocycles. The monoisotopic (exact) mass is 419 g/mol. The average Bonchev–Trinajstić information content (AvgIpc) is 3.36. The molecule has 0 radical (unpaired) electrons. The Morgan fingerprint density at radius 2 is 2.00 bits per heavy atom. The summed E-state index contributed by atoms with van der Waals surface area (Å²) < 4.78 is 12.7. The molecule has 2 aromatic rings. The molecule has 0 unspecified atom stereocenters. The number of amides is 1. The van der Waals surface area contributed by atoms with Crippen LogP contribution >= 0.6 is 11.3 Å². The van der Waals surface area contributed by atoms with Crippen molar-refractivity contribution >= 4 is 27.3 Å². The van der Waals surface area contributed by atoms with Gasteiger partial charge in [-0.05, 0) is 18.8 Å². The minimum atomic E-state index is -0.552. The number of piperidine rings is 2. The number of aromatic nitrogens is 3. The molecule has 0 saturated carbocycles. The maximum absolute atomic E-state index is 13.0. The molecule has 5 rings (SSSR count). The van der Waals surface area contributed by atoms with Crippen LogP contribution in [0.4, 0.5) is 5.13 Å². The van der Waals surface area contributed by atoms with E-state index in [1.165, 1.54) is 28.5 Å². The van der Waals surface area contributed by atoms with Gasteiger partial charge in [-0.1, -0.05) is 18.3 Å². The third-order valence-corrected chi connectivity index (χ3v) is 7.04. The Balaban J connectivity index is 1.37. The Labute approximate surface area is 172 Å². The van der Waals surface area contributed by atoms with Crippen LogP contribution in [0, 0.1) is 5.92 Å². The van der Waals surface area contributed by atoms with Crippen molar-refractivity contribution in [3.8, 4) is 0 Å². The number of ether oxygens (including phenoxy) is 2. The van der Waals surface area contributed by atoms with E-state index in [-0.39, 0.29) is 11.5 Å². The van der Waals surface area contributed by atoms with Crippen molar-refractivity contribution in [3.63, 3.8) is 0 Å². The predicted octanol–water partition coefficient (Wildman–Crippen LogP) is 1.37. The lowest BCUT2D eigenvalue weighted by molar-refractivity contribution is -0.181. The van der Waals surface area contributed by atoms with E-state index in [9.17, 15) is 9.59 Å². The number of rotatable bonds is 2. The van der Waals surface area contributed by atoms with Crippen molar-refractivity contribution in [2.75, 3.05) is 44.3 Å². The van der Waals surface area contributed by atoms with Gasteiger partial charge in [-0.2, -0.15) is 4.52 Å². The molecular formula is C19H25N5O4S. The Kier molecular flexibility index (Phi) is 4.79. The maximum atomic E-state index is 13.0. The summed E-state index contributed by atoms with van der Waals surface area (Å²) in [5, 5.41) is 5.28. The van der Waals surface area contributed by atoms with Crippen molar-refractivity contribution in [1.29, 1.82) is 0 Å². The van der Waals surface area contributed by atoms with Crippen LogP contribution in [0.25, 0.3) is 4.96 Å². The number of carbonyl (C=O) groups excluding carboxylic acids is 1. The third kappa shape index (κ3) is 3.43. The van der Waals surface area contributed by atoms with Gasteiger partial charge in [0.05, 0.1) is 13.2 Å². The predicted molar refractivity (Wildman–Crippen MR) is 108 cm³/mol. The molecule has 3 aliphatic heterocycles. The van der Waals surface area contributed by atoms with Crippen LogP contribution in [-0.4, -0.2) is 70.6 Å². The van der Waals surface area contributed by atoms with Gasteiger partial charge in [-0.25, -0.2) is 4.98 Å². The van der Waals surface area contributed by atoms with Crippen LogP contribution in [0.3, 0.4) is 0 Å². The maximum Gasteiger partial charge on any atom is 0.288 e. The van der Waals surface area contributed by atoms with E-state index in [0.29, 0.717) is 50.0 Å². The van der Waals surface area contributed by atoms with Crippen molar-refractivity contribution in [2.24, 2.45) is 5.92 Å². The van der Waals surface area contributed by atoms with Crippen molar-refractivity contribution < 1.29 is 14.3 Å². The Bertz CT molecular complexity index is 973. The highest BCUT2D eigenvalue weighted by atomic mass is 32.1. The van der Waals surface area contributed by atoms with Crippen LogP contribution in [0.15, 0.2) is 11.0 Å². The van der Waals surface area contributed by atoms with Crippen LogP contribution in [-0.2, 0) is 9.47 Å². The van der Waals surface area contributed by atoms with Crippen LogP contribution in [0.5, 0.6) is 0 Å². The molecule has 9 nitrogen and oxygen atoms in total. The number of nitrogens with zero attached hydrogens (tertiary/aromatic N) is 5. The third-order valence-electron chi connectivity index (χ3n) is 6.06. The number of fused-ring (bicyclic) bond motifs is 1. The van der Waals surface area contributed by atoms with Gasteiger partial charge in [0.25, 0.3) is 11.5 Å². The first-order valence-corrected chi connectivity index (χ1v) is 11.1. The van der Waals surface area contributed by atoms with E-state index < -0.39 is 11.3 Å². The second kappa shape index (κ2) is 7.33. The summed E-state index contributed by atoms with van der Waals surface area (Å²) in [6.07, 6.45) is 4.96. The number of carbonyl (C=O) groups is 1. The summed E-state index contributed by atoms with van der Waals surface area (Å²) in [4.78, 5) is 34.7. The topological polar surface area (TPSA) is 89.3 Å². The molecule has 10 heteroatoms. The standard InChI is InChI=1S/C19H25N5O4S/c1-13-3-2-6-23(12-13)18-21-24-16(26)14(11-20-17(24)29-18)15(25)22-7-4-19(5-8-22)27-9-10-28-19/h11,13H,2-10,12H2,1H3/t13-/m0/s1. The first-order chi connectivity index (χ1) is 14.0. The summed E-state index contributed by atoms with van der Waals surface area (Å²) in [6, 6.07) is 0. The fraction of sp³-hybridized carbons (Fsp3) is 0.684. The molecule has 0 N–H and O–H groups in total. The molecule has 1 amide bonds. The number of hydrogen-bond acceptors (Lipinski definition) is 8. The average molecular weight is 420 g/mol. The molecule has 0 bridgehead atoms. The zero-order valence-corrected chi connectivity index (χ0v) is 17.3. The molecule has 156 valence electrons. The van der Waals surface area contributed by atoms with E-state index in [4.69, 9.17) is 9.47 Å². The minimum absolute atomic E-state index is 0.0653. The second-order valence-corrected chi connectivity index (χ2v) is 9.08. The van der Waals surface area contributed by atoms with Crippen LogP contribution in [0.1, 0.15) is 43.0 Å². The first kappa shape index (κ1) is 19.0. The lowest BCUT2D eigenvalue weighted by Gasteiger charge is -2.37. The minimum Gasteiger partial charge on any atom is -0.347 e. The van der Waals surface area contributed by atoms with E-state index in [0.717, 1.165) is 24.6 Å². The first-order valence-electron chi connectivity index (χ1n) is 10.3.